The molecule has 1 N–H and O–H groups in total. The number of carbonyl (C=O) groups excluding carboxylic acids is 1. The second-order valence-electron chi connectivity index (χ2n) is 6.47. The molecule has 6 nitrogen and oxygen atoms in total. The maximum atomic E-state index is 12.5. The third-order valence-electron chi connectivity index (χ3n) is 4.43. The number of carbonyl (C=O) groups is 1. The number of rotatable bonds is 3. The Morgan fingerprint density at radius 1 is 1.20 bits per heavy atom. The van der Waals surface area contributed by atoms with Gasteiger partial charge in [-0.15, -0.1) is 0 Å². The van der Waals surface area contributed by atoms with Crippen molar-refractivity contribution >= 4 is 23.4 Å². The zero-order valence-corrected chi connectivity index (χ0v) is 15.5. The van der Waals surface area contributed by atoms with E-state index in [1.165, 1.54) is 5.56 Å². The molecule has 0 atom stereocenters. The molecule has 2 aromatic rings. The van der Waals surface area contributed by atoms with Crippen LogP contribution in [0.15, 0.2) is 30.3 Å². The number of aromatic nitrogens is 2. The van der Waals surface area contributed by atoms with Gasteiger partial charge in [0, 0.05) is 50.9 Å². The summed E-state index contributed by atoms with van der Waals surface area (Å²) >= 11 is 5.94. The normalized spacial score (nSPS) is 15.9. The highest BCUT2D eigenvalue weighted by atomic mass is 35.5. The number of nitrogens with one attached hydrogen (secondary N) is 1. The first kappa shape index (κ1) is 17.8. The maximum absolute atomic E-state index is 12.5. The van der Waals surface area contributed by atoms with Crippen molar-refractivity contribution in [2.45, 2.75) is 19.9 Å². The Bertz CT molecular complexity index is 728. The molecule has 7 heteroatoms. The number of hydrogen-bond donors (Lipinski definition) is 1. The number of anilines is 1. The lowest BCUT2D eigenvalue weighted by molar-refractivity contribution is 0.211. The van der Waals surface area contributed by atoms with Crippen LogP contribution in [0, 0.1) is 6.92 Å². The van der Waals surface area contributed by atoms with Crippen molar-refractivity contribution in [2.75, 3.05) is 31.5 Å². The van der Waals surface area contributed by atoms with Crippen molar-refractivity contribution in [1.82, 2.24) is 19.6 Å². The minimum atomic E-state index is -0.0589. The van der Waals surface area contributed by atoms with Crippen LogP contribution in [-0.2, 0) is 13.6 Å². The number of urea groups is 1. The zero-order chi connectivity index (χ0) is 17.8. The molecule has 0 aliphatic carbocycles. The summed E-state index contributed by atoms with van der Waals surface area (Å²) in [4.78, 5) is 16.8. The van der Waals surface area contributed by atoms with Crippen LogP contribution in [0.25, 0.3) is 0 Å². The first-order valence-corrected chi connectivity index (χ1v) is 8.92. The van der Waals surface area contributed by atoms with Crippen molar-refractivity contribution in [3.05, 3.63) is 46.6 Å². The molecule has 2 amide bonds. The number of benzene rings is 1. The van der Waals surface area contributed by atoms with Crippen molar-refractivity contribution in [1.29, 1.82) is 0 Å². The highest BCUT2D eigenvalue weighted by molar-refractivity contribution is 6.30. The Balaban J connectivity index is 1.54. The minimum absolute atomic E-state index is 0.0589. The average molecular weight is 362 g/mol. The van der Waals surface area contributed by atoms with Crippen LogP contribution in [0.4, 0.5) is 10.6 Å². The molecule has 0 radical (unpaired) electrons. The molecule has 3 rings (SSSR count). The number of aryl methyl sites for hydroxylation is 2. The average Bonchev–Trinajstić information content (AvgIpc) is 2.76. The molecule has 1 aliphatic heterocycles. The van der Waals surface area contributed by atoms with Gasteiger partial charge in [-0.2, -0.15) is 5.10 Å². The molecule has 25 heavy (non-hydrogen) atoms. The fourth-order valence-electron chi connectivity index (χ4n) is 3.10. The van der Waals surface area contributed by atoms with Gasteiger partial charge in [-0.3, -0.25) is 14.9 Å². The van der Waals surface area contributed by atoms with Crippen LogP contribution in [0.2, 0.25) is 5.02 Å². The molecule has 1 aromatic carbocycles. The fraction of sp³-hybridized carbons (Fsp3) is 0.444. The molecule has 1 saturated heterocycles. The quantitative estimate of drug-likeness (QED) is 0.913. The van der Waals surface area contributed by atoms with E-state index in [0.717, 1.165) is 55.7 Å². The van der Waals surface area contributed by atoms with E-state index >= 15 is 0 Å². The summed E-state index contributed by atoms with van der Waals surface area (Å²) in [5.74, 6) is 0.727. The molecular formula is C18H24ClN5O. The second kappa shape index (κ2) is 7.89. The summed E-state index contributed by atoms with van der Waals surface area (Å²) in [6, 6.07) is 9.78. The molecule has 0 saturated carbocycles. The lowest BCUT2D eigenvalue weighted by Crippen LogP contribution is -2.38. The van der Waals surface area contributed by atoms with Gasteiger partial charge in [0.05, 0.1) is 5.69 Å². The van der Waals surface area contributed by atoms with E-state index in [4.69, 9.17) is 11.6 Å². The van der Waals surface area contributed by atoms with Crippen molar-refractivity contribution in [3.8, 4) is 0 Å². The number of nitrogens with zero attached hydrogens (tertiary/aromatic N) is 4. The molecule has 134 valence electrons. The molecule has 1 aliphatic rings. The molecule has 0 spiro atoms. The molecule has 1 aromatic heterocycles. The smallest absolute Gasteiger partial charge is 0.323 e. The predicted molar refractivity (Wildman–Crippen MR) is 99.9 cm³/mol. The van der Waals surface area contributed by atoms with Gasteiger partial charge in [-0.25, -0.2) is 4.79 Å². The van der Waals surface area contributed by atoms with Crippen molar-refractivity contribution in [2.24, 2.45) is 7.05 Å². The van der Waals surface area contributed by atoms with Crippen LogP contribution < -0.4 is 5.32 Å². The van der Waals surface area contributed by atoms with Gasteiger partial charge in [-0.1, -0.05) is 23.7 Å². The SMILES string of the molecule is Cc1cc(NC(=O)N2CCCN(Cc3ccc(Cl)cc3)CC2)n(C)n1. The summed E-state index contributed by atoms with van der Waals surface area (Å²) in [7, 11) is 1.83. The Kier molecular flexibility index (Phi) is 5.60. The van der Waals surface area contributed by atoms with Crippen molar-refractivity contribution in [3.63, 3.8) is 0 Å². The Morgan fingerprint density at radius 2 is 1.96 bits per heavy atom. The van der Waals surface area contributed by atoms with Gasteiger partial charge < -0.3 is 4.90 Å². The fourth-order valence-corrected chi connectivity index (χ4v) is 3.22. The molecule has 2 heterocycles. The van der Waals surface area contributed by atoms with Crippen LogP contribution in [-0.4, -0.2) is 51.8 Å². The lowest BCUT2D eigenvalue weighted by atomic mass is 10.2. The van der Waals surface area contributed by atoms with Gasteiger partial charge in [-0.05, 0) is 31.0 Å². The van der Waals surface area contributed by atoms with E-state index in [-0.39, 0.29) is 6.03 Å². The standard InChI is InChI=1S/C18H24ClN5O/c1-14-12-17(22(2)21-14)20-18(25)24-9-3-8-23(10-11-24)13-15-4-6-16(19)7-5-15/h4-7,12H,3,8-11,13H2,1-2H3,(H,20,25). The molecule has 1 fully saturated rings. The van der Waals surface area contributed by atoms with Gasteiger partial charge in [0.25, 0.3) is 0 Å². The highest BCUT2D eigenvalue weighted by Gasteiger charge is 2.20. The molecule has 0 bridgehead atoms. The van der Waals surface area contributed by atoms with Crippen molar-refractivity contribution < 1.29 is 4.79 Å². The van der Waals surface area contributed by atoms with Crippen LogP contribution >= 0.6 is 11.6 Å². The maximum Gasteiger partial charge on any atom is 0.323 e. The van der Waals surface area contributed by atoms with Crippen LogP contribution in [0.1, 0.15) is 17.7 Å². The van der Waals surface area contributed by atoms with E-state index in [9.17, 15) is 4.79 Å². The molecule has 0 unspecified atom stereocenters. The van der Waals surface area contributed by atoms with E-state index < -0.39 is 0 Å². The largest absolute Gasteiger partial charge is 0.323 e. The minimum Gasteiger partial charge on any atom is -0.323 e. The van der Waals surface area contributed by atoms with Gasteiger partial charge >= 0.3 is 6.03 Å². The van der Waals surface area contributed by atoms with E-state index in [1.54, 1.807) is 4.68 Å². The number of halogens is 1. The summed E-state index contributed by atoms with van der Waals surface area (Å²) in [5.41, 5.74) is 2.13. The topological polar surface area (TPSA) is 53.4 Å². The van der Waals surface area contributed by atoms with Crippen LogP contribution in [0.3, 0.4) is 0 Å². The van der Waals surface area contributed by atoms with Gasteiger partial charge in [0.1, 0.15) is 5.82 Å². The van der Waals surface area contributed by atoms with Gasteiger partial charge in [0.2, 0.25) is 0 Å². The monoisotopic (exact) mass is 361 g/mol. The second-order valence-corrected chi connectivity index (χ2v) is 6.90. The summed E-state index contributed by atoms with van der Waals surface area (Å²) < 4.78 is 1.69. The first-order chi connectivity index (χ1) is 12.0. The summed E-state index contributed by atoms with van der Waals surface area (Å²) in [5, 5.41) is 7.97. The Labute approximate surface area is 153 Å². The van der Waals surface area contributed by atoms with Gasteiger partial charge in [0.15, 0.2) is 0 Å². The van der Waals surface area contributed by atoms with E-state index in [0.29, 0.717) is 0 Å². The number of amides is 2. The predicted octanol–water partition coefficient (Wildman–Crippen LogP) is 3.12. The molecular weight excluding hydrogens is 338 g/mol. The van der Waals surface area contributed by atoms with E-state index in [1.807, 2.05) is 37.1 Å². The Hall–Kier alpha value is -2.05. The Morgan fingerprint density at radius 3 is 2.64 bits per heavy atom. The third kappa shape index (κ3) is 4.74. The van der Waals surface area contributed by atoms with Crippen LogP contribution in [0.5, 0.6) is 0 Å². The lowest BCUT2D eigenvalue weighted by Gasteiger charge is -2.22. The van der Waals surface area contributed by atoms with E-state index in [2.05, 4.69) is 27.4 Å². The summed E-state index contributed by atoms with van der Waals surface area (Å²) in [6.45, 7) is 6.12. The first-order valence-electron chi connectivity index (χ1n) is 8.54. The number of hydrogen-bond acceptors (Lipinski definition) is 3. The summed E-state index contributed by atoms with van der Waals surface area (Å²) in [6.07, 6.45) is 0.964. The third-order valence-corrected chi connectivity index (χ3v) is 4.68. The highest BCUT2D eigenvalue weighted by Crippen LogP contribution is 2.14. The zero-order valence-electron chi connectivity index (χ0n) is 14.7.